The summed E-state index contributed by atoms with van der Waals surface area (Å²) < 4.78 is 34.0. The molecule has 0 aliphatic carbocycles. The van der Waals surface area contributed by atoms with Gasteiger partial charge in [0.1, 0.15) is 19.8 Å². The second-order valence-electron chi connectivity index (χ2n) is 18.2. The van der Waals surface area contributed by atoms with Crippen LogP contribution in [0, 0.1) is 0 Å². The summed E-state index contributed by atoms with van der Waals surface area (Å²) in [5, 5.41) is 0. The predicted octanol–water partition coefficient (Wildman–Crippen LogP) is 14.4. The van der Waals surface area contributed by atoms with Crippen molar-refractivity contribution in [2.45, 2.75) is 225 Å². The zero-order chi connectivity index (χ0) is 45.7. The molecule has 0 aromatic heterocycles. The summed E-state index contributed by atoms with van der Waals surface area (Å²) in [5.74, 6) is -0.840. The first-order valence-corrected chi connectivity index (χ1v) is 26.8. The Labute approximate surface area is 382 Å². The summed E-state index contributed by atoms with van der Waals surface area (Å²) in [6.45, 7) is 4.19. The minimum absolute atomic E-state index is 0.0333. The maximum atomic E-state index is 12.7. The van der Waals surface area contributed by atoms with Gasteiger partial charge in [-0.05, 0) is 77.0 Å². The molecule has 0 bridgehead atoms. The molecule has 62 heavy (non-hydrogen) atoms. The molecular weight excluding hydrogens is 798 g/mol. The first kappa shape index (κ1) is 60.0. The normalized spacial score (nSPS) is 13.8. The van der Waals surface area contributed by atoms with E-state index in [0.717, 1.165) is 64.2 Å². The monoisotopic (exact) mass is 894 g/mol. The molecule has 0 saturated heterocycles. The minimum Gasteiger partial charge on any atom is -0.756 e. The lowest BCUT2D eigenvalue weighted by molar-refractivity contribution is -0.870. The van der Waals surface area contributed by atoms with Crippen LogP contribution in [-0.2, 0) is 32.7 Å². The largest absolute Gasteiger partial charge is 0.756 e. The van der Waals surface area contributed by atoms with E-state index in [2.05, 4.69) is 62.5 Å². The highest BCUT2D eigenvalue weighted by atomic mass is 31.2. The van der Waals surface area contributed by atoms with Crippen LogP contribution in [0.25, 0.3) is 0 Å². The van der Waals surface area contributed by atoms with Crippen LogP contribution < -0.4 is 4.89 Å². The van der Waals surface area contributed by atoms with Gasteiger partial charge in [-0.25, -0.2) is 0 Å². The van der Waals surface area contributed by atoms with Gasteiger partial charge >= 0.3 is 11.9 Å². The van der Waals surface area contributed by atoms with Crippen molar-refractivity contribution < 1.29 is 42.1 Å². The van der Waals surface area contributed by atoms with Crippen molar-refractivity contribution in [2.24, 2.45) is 0 Å². The molecule has 0 aromatic rings. The second kappa shape index (κ2) is 44.2. The van der Waals surface area contributed by atoms with Crippen molar-refractivity contribution in [1.82, 2.24) is 0 Å². The van der Waals surface area contributed by atoms with E-state index in [1.807, 2.05) is 21.1 Å². The minimum atomic E-state index is -4.63. The van der Waals surface area contributed by atoms with Gasteiger partial charge in [-0.2, -0.15) is 0 Å². The van der Waals surface area contributed by atoms with Crippen LogP contribution in [0.2, 0.25) is 0 Å². The van der Waals surface area contributed by atoms with E-state index in [9.17, 15) is 19.0 Å². The van der Waals surface area contributed by atoms with E-state index >= 15 is 0 Å². The van der Waals surface area contributed by atoms with Crippen LogP contribution in [0.15, 0.2) is 48.6 Å². The quantitative estimate of drug-likeness (QED) is 0.0195. The first-order valence-electron chi connectivity index (χ1n) is 25.3. The van der Waals surface area contributed by atoms with E-state index in [-0.39, 0.29) is 32.0 Å². The van der Waals surface area contributed by atoms with Crippen molar-refractivity contribution in [3.05, 3.63) is 48.6 Å². The van der Waals surface area contributed by atoms with Crippen LogP contribution >= 0.6 is 7.82 Å². The molecule has 0 amide bonds. The summed E-state index contributed by atoms with van der Waals surface area (Å²) in [6, 6.07) is 0. The average molecular weight is 894 g/mol. The molecule has 9 nitrogen and oxygen atoms in total. The fourth-order valence-electron chi connectivity index (χ4n) is 6.83. The van der Waals surface area contributed by atoms with E-state index in [4.69, 9.17) is 18.5 Å². The number of likely N-dealkylation sites (N-methyl/N-ethyl adjacent to an activating group) is 1. The Morgan fingerprint density at radius 2 is 0.871 bits per heavy atom. The summed E-state index contributed by atoms with van der Waals surface area (Å²) in [4.78, 5) is 37.7. The number of hydrogen-bond donors (Lipinski definition) is 0. The molecule has 0 radical (unpaired) electrons. The number of carbonyl (C=O) groups excluding carboxylic acids is 2. The molecule has 362 valence electrons. The van der Waals surface area contributed by atoms with Crippen molar-refractivity contribution in [2.75, 3.05) is 47.5 Å². The van der Waals surface area contributed by atoms with E-state index < -0.39 is 26.5 Å². The van der Waals surface area contributed by atoms with E-state index in [1.165, 1.54) is 122 Å². The number of unbranched alkanes of at least 4 members (excludes halogenated alkanes) is 24. The average Bonchev–Trinajstić information content (AvgIpc) is 3.23. The van der Waals surface area contributed by atoms with Gasteiger partial charge in [0.2, 0.25) is 0 Å². The number of carbonyl (C=O) groups is 2. The van der Waals surface area contributed by atoms with Gasteiger partial charge in [0.15, 0.2) is 6.10 Å². The Kier molecular flexibility index (Phi) is 42.7. The van der Waals surface area contributed by atoms with Crippen LogP contribution in [0.3, 0.4) is 0 Å². The van der Waals surface area contributed by atoms with Crippen molar-refractivity contribution in [3.63, 3.8) is 0 Å². The molecule has 10 heteroatoms. The zero-order valence-electron chi connectivity index (χ0n) is 40.8. The number of phosphoric ester groups is 1. The van der Waals surface area contributed by atoms with Crippen LogP contribution in [0.5, 0.6) is 0 Å². The van der Waals surface area contributed by atoms with Crippen molar-refractivity contribution >= 4 is 19.8 Å². The number of rotatable bonds is 46. The Morgan fingerprint density at radius 1 is 0.500 bits per heavy atom. The van der Waals surface area contributed by atoms with Crippen LogP contribution in [0.1, 0.15) is 219 Å². The van der Waals surface area contributed by atoms with Gasteiger partial charge in [-0.3, -0.25) is 14.2 Å². The van der Waals surface area contributed by atoms with Crippen LogP contribution in [-0.4, -0.2) is 70.0 Å². The molecule has 1 unspecified atom stereocenters. The molecule has 0 fully saturated rings. The van der Waals surface area contributed by atoms with Gasteiger partial charge in [-0.15, -0.1) is 0 Å². The maximum absolute atomic E-state index is 12.7. The summed E-state index contributed by atoms with van der Waals surface area (Å²) in [5.41, 5.74) is 0. The summed E-state index contributed by atoms with van der Waals surface area (Å²) in [6.07, 6.45) is 52.7. The van der Waals surface area contributed by atoms with Gasteiger partial charge in [0, 0.05) is 12.8 Å². The van der Waals surface area contributed by atoms with Crippen molar-refractivity contribution in [1.29, 1.82) is 0 Å². The maximum Gasteiger partial charge on any atom is 0.306 e. The number of nitrogens with zero attached hydrogens (tertiary/aromatic N) is 1. The molecule has 0 heterocycles. The predicted molar refractivity (Wildman–Crippen MR) is 259 cm³/mol. The highest BCUT2D eigenvalue weighted by molar-refractivity contribution is 7.45. The third kappa shape index (κ3) is 47.4. The molecule has 0 spiro atoms. The van der Waals surface area contributed by atoms with Gasteiger partial charge in [-0.1, -0.05) is 178 Å². The SMILES string of the molecule is CCCCC/C=C\C/C=C\CCCCCCCCCCCC(=O)OC[C@H](COP(=O)([O-])OCC[N+](C)(C)C)OC(=O)CCCCCCCCCCC/C=C\C/C=C\CCCCC. The summed E-state index contributed by atoms with van der Waals surface area (Å²) in [7, 11) is 1.16. The molecule has 0 aliphatic rings. The molecule has 0 N–H and O–H groups in total. The molecule has 0 aromatic carbocycles. The molecule has 2 atom stereocenters. The van der Waals surface area contributed by atoms with Gasteiger partial charge in [0.05, 0.1) is 27.7 Å². The van der Waals surface area contributed by atoms with E-state index in [1.54, 1.807) is 0 Å². The fourth-order valence-corrected chi connectivity index (χ4v) is 7.56. The molecule has 0 aliphatic heterocycles. The zero-order valence-corrected chi connectivity index (χ0v) is 41.7. The lowest BCUT2D eigenvalue weighted by Crippen LogP contribution is -2.37. The Morgan fingerprint density at radius 3 is 1.27 bits per heavy atom. The number of phosphoric acid groups is 1. The van der Waals surface area contributed by atoms with Crippen LogP contribution in [0.4, 0.5) is 0 Å². The Hall–Kier alpha value is -2.03. The second-order valence-corrected chi connectivity index (χ2v) is 19.6. The Bertz CT molecular complexity index is 1190. The molecular formula is C52H96NO8P. The molecule has 0 saturated carbocycles. The molecule has 0 rings (SSSR count). The Balaban J connectivity index is 4.27. The standard InChI is InChI=1S/C52H96NO8P/c1-6-8-10-12-14-16-18-20-22-24-26-28-30-32-34-36-38-40-42-44-51(54)58-48-50(49-60-62(56,57)59-47-46-53(3,4)5)61-52(55)45-43-41-39-37-35-33-31-29-27-25-23-21-19-17-15-13-11-9-7-2/h14-17,20-23,50H,6-13,18-19,24-49H2,1-5H3/b16-14-,17-15-,22-20-,23-21-/t50-/m1/s1. The topological polar surface area (TPSA) is 111 Å². The fraction of sp³-hybridized carbons (Fsp3) is 0.808. The van der Waals surface area contributed by atoms with Crippen molar-refractivity contribution in [3.8, 4) is 0 Å². The number of ether oxygens (including phenoxy) is 2. The van der Waals surface area contributed by atoms with Gasteiger partial charge < -0.3 is 27.9 Å². The number of quaternary nitrogens is 1. The highest BCUT2D eigenvalue weighted by Crippen LogP contribution is 2.38. The first-order chi connectivity index (χ1) is 30.0. The number of esters is 2. The lowest BCUT2D eigenvalue weighted by atomic mass is 10.1. The number of allylic oxidation sites excluding steroid dienone is 8. The van der Waals surface area contributed by atoms with Gasteiger partial charge in [0.25, 0.3) is 7.82 Å². The number of hydrogen-bond acceptors (Lipinski definition) is 8. The highest BCUT2D eigenvalue weighted by Gasteiger charge is 2.21. The smallest absolute Gasteiger partial charge is 0.306 e. The third-order valence-electron chi connectivity index (χ3n) is 10.8. The third-order valence-corrected chi connectivity index (χ3v) is 11.8. The lowest BCUT2D eigenvalue weighted by Gasteiger charge is -2.28. The van der Waals surface area contributed by atoms with E-state index in [0.29, 0.717) is 17.4 Å². The summed E-state index contributed by atoms with van der Waals surface area (Å²) >= 11 is 0.